The first-order chi connectivity index (χ1) is 4.26. The molecule has 0 rings (SSSR count). The van der Waals surface area contributed by atoms with E-state index in [0.717, 1.165) is 0 Å². The van der Waals surface area contributed by atoms with Crippen LogP contribution in [0, 0.1) is 0 Å². The second-order valence-electron chi connectivity index (χ2n) is 1.43. The van der Waals surface area contributed by atoms with Crippen LogP contribution in [0.4, 0.5) is 0 Å². The van der Waals surface area contributed by atoms with E-state index in [9.17, 15) is 0 Å². The van der Waals surface area contributed by atoms with E-state index in [1.54, 1.807) is 0 Å². The van der Waals surface area contributed by atoms with Crippen LogP contribution >= 0.6 is 0 Å². The molecule has 0 atom stereocenters. The summed E-state index contributed by atoms with van der Waals surface area (Å²) in [5.74, 6) is 0.560. The Balaban J connectivity index is 4.36. The van der Waals surface area contributed by atoms with Gasteiger partial charge in [-0.15, -0.1) is 0 Å². The molecule has 9 heavy (non-hydrogen) atoms. The quantitative estimate of drug-likeness (QED) is 0.454. The summed E-state index contributed by atoms with van der Waals surface area (Å²) in [6.07, 6.45) is 3.05. The molecule has 0 aliphatic rings. The largest absolute Gasteiger partial charge is 0.495 e. The molecular formula is C7H11NO. The van der Waals surface area contributed by atoms with Gasteiger partial charge in [0.15, 0.2) is 0 Å². The van der Waals surface area contributed by atoms with Gasteiger partial charge in [-0.05, 0) is 12.2 Å². The van der Waals surface area contributed by atoms with Crippen LogP contribution in [0.5, 0.6) is 0 Å². The Morgan fingerprint density at radius 3 is 2.11 bits per heavy atom. The molecule has 0 aliphatic carbocycles. The maximum absolute atomic E-state index is 5.40. The van der Waals surface area contributed by atoms with Gasteiger partial charge in [0.2, 0.25) is 0 Å². The van der Waals surface area contributed by atoms with Crippen molar-refractivity contribution in [2.45, 2.75) is 0 Å². The van der Waals surface area contributed by atoms with Crippen LogP contribution < -0.4 is 5.73 Å². The van der Waals surface area contributed by atoms with Gasteiger partial charge in [0.25, 0.3) is 0 Å². The monoisotopic (exact) mass is 125 g/mol. The fraction of sp³-hybridized carbons (Fsp3) is 0.143. The van der Waals surface area contributed by atoms with E-state index < -0.39 is 0 Å². The Labute approximate surface area is 55.3 Å². The number of nitrogens with two attached hydrogens (primary N) is 1. The van der Waals surface area contributed by atoms with Crippen molar-refractivity contribution in [3.8, 4) is 0 Å². The lowest BCUT2D eigenvalue weighted by molar-refractivity contribution is 0.303. The zero-order chi connectivity index (χ0) is 7.28. The molecule has 0 amide bonds. The third-order valence-corrected chi connectivity index (χ3v) is 0.910. The molecule has 0 aromatic carbocycles. The molecule has 0 aromatic rings. The van der Waals surface area contributed by atoms with Crippen LogP contribution in [-0.4, -0.2) is 7.11 Å². The van der Waals surface area contributed by atoms with Gasteiger partial charge in [-0.25, -0.2) is 0 Å². The van der Waals surface area contributed by atoms with Crippen LogP contribution in [0.2, 0.25) is 0 Å². The molecule has 50 valence electrons. The smallest absolute Gasteiger partial charge is 0.141 e. The second kappa shape index (κ2) is 3.78. The second-order valence-corrected chi connectivity index (χ2v) is 1.43. The van der Waals surface area contributed by atoms with Crippen LogP contribution in [0.25, 0.3) is 0 Å². The summed E-state index contributed by atoms with van der Waals surface area (Å²) in [5, 5.41) is 0. The highest BCUT2D eigenvalue weighted by Gasteiger charge is 1.91. The molecule has 0 saturated carbocycles. The van der Waals surface area contributed by atoms with Gasteiger partial charge in [-0.1, -0.05) is 13.2 Å². The fourth-order valence-electron chi connectivity index (χ4n) is 0.420. The lowest BCUT2D eigenvalue weighted by Crippen LogP contribution is -1.98. The van der Waals surface area contributed by atoms with Gasteiger partial charge in [0.1, 0.15) is 5.76 Å². The summed E-state index contributed by atoms with van der Waals surface area (Å²) in [5.41, 5.74) is 5.91. The van der Waals surface area contributed by atoms with E-state index >= 15 is 0 Å². The van der Waals surface area contributed by atoms with Crippen molar-refractivity contribution in [3.63, 3.8) is 0 Å². The van der Waals surface area contributed by atoms with E-state index in [1.165, 1.54) is 19.3 Å². The van der Waals surface area contributed by atoms with E-state index in [-0.39, 0.29) is 0 Å². The molecule has 0 aromatic heterocycles. The predicted molar refractivity (Wildman–Crippen MR) is 38.6 cm³/mol. The fourth-order valence-corrected chi connectivity index (χ4v) is 0.420. The van der Waals surface area contributed by atoms with Crippen molar-refractivity contribution in [3.05, 3.63) is 36.8 Å². The minimum absolute atomic E-state index is 0.507. The standard InChI is InChI=1S/C7H11NO/c1-4-6(8)7(5-2)9-3/h4-5H,1-2,8H2,3H3/b7-6-. The highest BCUT2D eigenvalue weighted by atomic mass is 16.5. The Hall–Kier alpha value is -1.18. The first-order valence-corrected chi connectivity index (χ1v) is 2.54. The third kappa shape index (κ3) is 2.04. The molecule has 0 saturated heterocycles. The van der Waals surface area contributed by atoms with Gasteiger partial charge in [-0.2, -0.15) is 0 Å². The van der Waals surface area contributed by atoms with Crippen LogP contribution in [0.1, 0.15) is 0 Å². The maximum atomic E-state index is 5.40. The van der Waals surface area contributed by atoms with Crippen LogP contribution in [0.15, 0.2) is 36.8 Å². The van der Waals surface area contributed by atoms with E-state index in [0.29, 0.717) is 11.5 Å². The number of ether oxygens (including phenoxy) is 1. The molecule has 0 aliphatic heterocycles. The molecular weight excluding hydrogens is 114 g/mol. The van der Waals surface area contributed by atoms with E-state index in [4.69, 9.17) is 10.5 Å². The lowest BCUT2D eigenvalue weighted by atomic mass is 10.3. The molecule has 0 spiro atoms. The number of hydrogen-bond acceptors (Lipinski definition) is 2. The molecule has 0 bridgehead atoms. The van der Waals surface area contributed by atoms with Crippen LogP contribution in [-0.2, 0) is 4.74 Å². The van der Waals surface area contributed by atoms with Crippen molar-refractivity contribution in [1.82, 2.24) is 0 Å². The van der Waals surface area contributed by atoms with Crippen molar-refractivity contribution >= 4 is 0 Å². The third-order valence-electron chi connectivity index (χ3n) is 0.910. The molecule has 0 heterocycles. The zero-order valence-corrected chi connectivity index (χ0v) is 5.55. The first kappa shape index (κ1) is 7.82. The van der Waals surface area contributed by atoms with Crippen molar-refractivity contribution in [2.24, 2.45) is 5.73 Å². The summed E-state index contributed by atoms with van der Waals surface area (Å²) < 4.78 is 4.82. The SMILES string of the molecule is C=C/C(N)=C(\C=C)OC. The van der Waals surface area contributed by atoms with E-state index in [2.05, 4.69) is 13.2 Å². The van der Waals surface area contributed by atoms with Gasteiger partial charge < -0.3 is 10.5 Å². The number of methoxy groups -OCH3 is 1. The Morgan fingerprint density at radius 1 is 1.44 bits per heavy atom. The van der Waals surface area contributed by atoms with Crippen molar-refractivity contribution in [2.75, 3.05) is 7.11 Å². The van der Waals surface area contributed by atoms with Crippen molar-refractivity contribution < 1.29 is 4.74 Å². The molecule has 2 nitrogen and oxygen atoms in total. The Kier molecular flexibility index (Phi) is 3.28. The number of allylic oxidation sites excluding steroid dienone is 2. The first-order valence-electron chi connectivity index (χ1n) is 2.54. The number of hydrogen-bond donors (Lipinski definition) is 1. The average Bonchev–Trinajstić information content (AvgIpc) is 1.90. The molecule has 2 heteroatoms. The lowest BCUT2D eigenvalue weighted by Gasteiger charge is -2.00. The summed E-state index contributed by atoms with van der Waals surface area (Å²) in [6, 6.07) is 0. The predicted octanol–water partition coefficient (Wildman–Crippen LogP) is 1.18. The summed E-state index contributed by atoms with van der Waals surface area (Å²) >= 11 is 0. The van der Waals surface area contributed by atoms with Crippen LogP contribution in [0.3, 0.4) is 0 Å². The molecule has 2 N–H and O–H groups in total. The van der Waals surface area contributed by atoms with E-state index in [1.807, 2.05) is 0 Å². The van der Waals surface area contributed by atoms with Gasteiger partial charge in [0, 0.05) is 0 Å². The Bertz CT molecular complexity index is 147. The van der Waals surface area contributed by atoms with Gasteiger partial charge in [0.05, 0.1) is 12.8 Å². The number of rotatable bonds is 3. The normalized spacial score (nSPS) is 11.7. The summed E-state index contributed by atoms with van der Waals surface area (Å²) in [7, 11) is 1.54. The Morgan fingerprint density at radius 2 is 2.00 bits per heavy atom. The molecule has 0 unspecified atom stereocenters. The topological polar surface area (TPSA) is 35.2 Å². The minimum Gasteiger partial charge on any atom is -0.495 e. The highest BCUT2D eigenvalue weighted by Crippen LogP contribution is 2.00. The molecule has 0 radical (unpaired) electrons. The maximum Gasteiger partial charge on any atom is 0.141 e. The summed E-state index contributed by atoms with van der Waals surface area (Å²) in [6.45, 7) is 6.96. The van der Waals surface area contributed by atoms with Gasteiger partial charge >= 0.3 is 0 Å². The average molecular weight is 125 g/mol. The zero-order valence-electron chi connectivity index (χ0n) is 5.55. The van der Waals surface area contributed by atoms with Gasteiger partial charge in [-0.3, -0.25) is 0 Å². The van der Waals surface area contributed by atoms with Crippen molar-refractivity contribution in [1.29, 1.82) is 0 Å². The highest BCUT2D eigenvalue weighted by molar-refractivity contribution is 5.23. The minimum atomic E-state index is 0.507. The summed E-state index contributed by atoms with van der Waals surface area (Å²) in [4.78, 5) is 0. The molecule has 0 fully saturated rings.